The number of aliphatic carboxylic acids is 1. The molecule has 0 spiro atoms. The summed E-state index contributed by atoms with van der Waals surface area (Å²) in [7, 11) is 0. The lowest BCUT2D eigenvalue weighted by molar-refractivity contribution is -0.144. The topological polar surface area (TPSA) is 68.5 Å². The standard InChI is InChI=1S/C24H23NO4/c1-17-10-12-20(13-11-17)23(26)22-9-5-15-25(22)14-4-7-19-6-3-8-21(16-19)29-18(2)24(27)28/h3-13,15-16,18H,14H2,1-2H3,(H,27,28)/b7-4+/t18-/m0/s1. The molecule has 0 bridgehead atoms. The molecule has 1 atom stereocenters. The van der Waals surface area contributed by atoms with Gasteiger partial charge in [-0.05, 0) is 43.7 Å². The molecule has 0 saturated heterocycles. The van der Waals surface area contributed by atoms with Crippen LogP contribution in [0.3, 0.4) is 0 Å². The van der Waals surface area contributed by atoms with E-state index >= 15 is 0 Å². The zero-order valence-corrected chi connectivity index (χ0v) is 16.4. The molecule has 0 aliphatic rings. The molecule has 0 aliphatic heterocycles. The molecule has 0 fully saturated rings. The fourth-order valence-electron chi connectivity index (χ4n) is 2.88. The van der Waals surface area contributed by atoms with Crippen LogP contribution in [-0.2, 0) is 11.3 Å². The van der Waals surface area contributed by atoms with Crippen molar-refractivity contribution in [1.82, 2.24) is 4.57 Å². The number of rotatable bonds is 8. The number of aromatic nitrogens is 1. The summed E-state index contributed by atoms with van der Waals surface area (Å²) in [6, 6.07) is 18.4. The van der Waals surface area contributed by atoms with Gasteiger partial charge in [0.2, 0.25) is 5.78 Å². The zero-order chi connectivity index (χ0) is 20.8. The van der Waals surface area contributed by atoms with Crippen molar-refractivity contribution in [2.45, 2.75) is 26.5 Å². The summed E-state index contributed by atoms with van der Waals surface area (Å²) in [5.74, 6) is -0.524. The number of ether oxygens (including phenoxy) is 1. The van der Waals surface area contributed by atoms with Crippen LogP contribution in [0.15, 0.2) is 72.9 Å². The Labute approximate surface area is 169 Å². The highest BCUT2D eigenvalue weighted by Gasteiger charge is 2.13. The maximum Gasteiger partial charge on any atom is 0.344 e. The van der Waals surface area contributed by atoms with Crippen molar-refractivity contribution in [3.8, 4) is 5.75 Å². The van der Waals surface area contributed by atoms with Crippen LogP contribution in [0.1, 0.15) is 34.1 Å². The van der Waals surface area contributed by atoms with E-state index in [1.54, 1.807) is 12.1 Å². The van der Waals surface area contributed by atoms with E-state index in [-0.39, 0.29) is 5.78 Å². The first-order chi connectivity index (χ1) is 13.9. The number of carbonyl (C=O) groups is 2. The summed E-state index contributed by atoms with van der Waals surface area (Å²) in [6.07, 6.45) is 4.83. The number of benzene rings is 2. The highest BCUT2D eigenvalue weighted by molar-refractivity contribution is 6.08. The third-order valence-electron chi connectivity index (χ3n) is 4.51. The lowest BCUT2D eigenvalue weighted by Crippen LogP contribution is -2.22. The summed E-state index contributed by atoms with van der Waals surface area (Å²) in [4.78, 5) is 23.7. The largest absolute Gasteiger partial charge is 0.479 e. The number of nitrogens with zero attached hydrogens (tertiary/aromatic N) is 1. The first kappa shape index (κ1) is 20.1. The Morgan fingerprint density at radius 1 is 1.10 bits per heavy atom. The van der Waals surface area contributed by atoms with E-state index in [1.807, 2.05) is 78.4 Å². The maximum atomic E-state index is 12.8. The summed E-state index contributed by atoms with van der Waals surface area (Å²) in [5, 5.41) is 8.96. The molecule has 3 aromatic rings. The second-order valence-electron chi connectivity index (χ2n) is 6.81. The number of allylic oxidation sites excluding steroid dienone is 1. The van der Waals surface area contributed by atoms with Crippen molar-refractivity contribution < 1.29 is 19.4 Å². The highest BCUT2D eigenvalue weighted by atomic mass is 16.5. The molecule has 1 N–H and O–H groups in total. The van der Waals surface area contributed by atoms with Crippen LogP contribution in [0.2, 0.25) is 0 Å². The molecule has 148 valence electrons. The molecule has 0 unspecified atom stereocenters. The average Bonchev–Trinajstić information content (AvgIpc) is 3.17. The van der Waals surface area contributed by atoms with E-state index in [0.29, 0.717) is 23.6 Å². The zero-order valence-electron chi connectivity index (χ0n) is 16.4. The number of hydrogen-bond acceptors (Lipinski definition) is 3. The molecular formula is C24H23NO4. The van der Waals surface area contributed by atoms with E-state index in [9.17, 15) is 9.59 Å². The van der Waals surface area contributed by atoms with Gasteiger partial charge in [0.05, 0.1) is 5.69 Å². The smallest absolute Gasteiger partial charge is 0.344 e. The van der Waals surface area contributed by atoms with E-state index in [1.165, 1.54) is 6.92 Å². The van der Waals surface area contributed by atoms with Gasteiger partial charge in [0, 0.05) is 18.3 Å². The highest BCUT2D eigenvalue weighted by Crippen LogP contribution is 2.17. The Bertz CT molecular complexity index is 1030. The predicted octanol–water partition coefficient (Wildman–Crippen LogP) is 4.59. The molecule has 5 heteroatoms. The average molecular weight is 389 g/mol. The van der Waals surface area contributed by atoms with Gasteiger partial charge in [-0.2, -0.15) is 0 Å². The second kappa shape index (κ2) is 9.06. The van der Waals surface area contributed by atoms with Gasteiger partial charge in [0.25, 0.3) is 0 Å². The van der Waals surface area contributed by atoms with Crippen molar-refractivity contribution in [1.29, 1.82) is 0 Å². The third-order valence-corrected chi connectivity index (χ3v) is 4.51. The Morgan fingerprint density at radius 3 is 2.59 bits per heavy atom. The first-order valence-electron chi connectivity index (χ1n) is 9.36. The Hall–Kier alpha value is -3.60. The van der Waals surface area contributed by atoms with Gasteiger partial charge < -0.3 is 14.4 Å². The van der Waals surface area contributed by atoms with Crippen LogP contribution in [-0.4, -0.2) is 27.5 Å². The number of aryl methyl sites for hydroxylation is 1. The Morgan fingerprint density at radius 2 is 1.86 bits per heavy atom. The number of carboxylic acids is 1. The van der Waals surface area contributed by atoms with Gasteiger partial charge >= 0.3 is 5.97 Å². The Kier molecular flexibility index (Phi) is 6.29. The number of carbonyl (C=O) groups excluding carboxylic acids is 1. The summed E-state index contributed by atoms with van der Waals surface area (Å²) in [5.41, 5.74) is 3.30. The normalized spacial score (nSPS) is 12.1. The van der Waals surface area contributed by atoms with Crippen molar-refractivity contribution in [2.24, 2.45) is 0 Å². The van der Waals surface area contributed by atoms with Crippen molar-refractivity contribution in [3.05, 3.63) is 95.3 Å². The number of carboxylic acid groups (broad SMARTS) is 1. The minimum absolute atomic E-state index is 0.0125. The van der Waals surface area contributed by atoms with Crippen LogP contribution in [0, 0.1) is 6.92 Å². The van der Waals surface area contributed by atoms with Gasteiger partial charge in [-0.3, -0.25) is 4.79 Å². The van der Waals surface area contributed by atoms with Crippen molar-refractivity contribution in [2.75, 3.05) is 0 Å². The van der Waals surface area contributed by atoms with E-state index in [0.717, 1.165) is 11.1 Å². The maximum absolute atomic E-state index is 12.8. The van der Waals surface area contributed by atoms with E-state index in [2.05, 4.69) is 0 Å². The quantitative estimate of drug-likeness (QED) is 0.572. The molecule has 29 heavy (non-hydrogen) atoms. The van der Waals surface area contributed by atoms with Crippen LogP contribution in [0.4, 0.5) is 0 Å². The van der Waals surface area contributed by atoms with Crippen LogP contribution in [0.25, 0.3) is 6.08 Å². The van der Waals surface area contributed by atoms with Crippen molar-refractivity contribution in [3.63, 3.8) is 0 Å². The number of hydrogen-bond donors (Lipinski definition) is 1. The van der Waals surface area contributed by atoms with Gasteiger partial charge in [-0.25, -0.2) is 4.79 Å². The van der Waals surface area contributed by atoms with Crippen LogP contribution in [0.5, 0.6) is 5.75 Å². The lowest BCUT2D eigenvalue weighted by atomic mass is 10.1. The first-order valence-corrected chi connectivity index (χ1v) is 9.36. The molecule has 1 aromatic heterocycles. The van der Waals surface area contributed by atoms with Crippen LogP contribution < -0.4 is 4.74 Å². The monoisotopic (exact) mass is 389 g/mol. The lowest BCUT2D eigenvalue weighted by Gasteiger charge is -2.10. The van der Waals surface area contributed by atoms with Gasteiger partial charge in [0.1, 0.15) is 5.75 Å². The molecule has 2 aromatic carbocycles. The van der Waals surface area contributed by atoms with Crippen molar-refractivity contribution >= 4 is 17.8 Å². The van der Waals surface area contributed by atoms with Gasteiger partial charge in [-0.15, -0.1) is 0 Å². The van der Waals surface area contributed by atoms with Crippen LogP contribution >= 0.6 is 0 Å². The minimum atomic E-state index is -1.01. The molecule has 1 heterocycles. The molecule has 0 saturated carbocycles. The number of ketones is 1. The van der Waals surface area contributed by atoms with E-state index in [4.69, 9.17) is 9.84 Å². The molecule has 5 nitrogen and oxygen atoms in total. The summed E-state index contributed by atoms with van der Waals surface area (Å²) in [6.45, 7) is 4.02. The fraction of sp³-hybridized carbons (Fsp3) is 0.167. The molecular weight excluding hydrogens is 366 g/mol. The molecule has 0 radical (unpaired) electrons. The molecule has 3 rings (SSSR count). The Balaban J connectivity index is 1.69. The summed E-state index contributed by atoms with van der Waals surface area (Å²) < 4.78 is 7.29. The summed E-state index contributed by atoms with van der Waals surface area (Å²) >= 11 is 0. The second-order valence-corrected chi connectivity index (χ2v) is 6.81. The molecule has 0 amide bonds. The molecule has 0 aliphatic carbocycles. The fourth-order valence-corrected chi connectivity index (χ4v) is 2.88. The SMILES string of the molecule is Cc1ccc(C(=O)c2cccn2C/C=C/c2cccc(O[C@@H](C)C(=O)O)c2)cc1. The van der Waals surface area contributed by atoms with E-state index < -0.39 is 12.1 Å². The predicted molar refractivity (Wildman–Crippen MR) is 112 cm³/mol. The third kappa shape index (κ3) is 5.23. The van der Waals surface area contributed by atoms with Gasteiger partial charge in [-0.1, -0.05) is 54.1 Å². The van der Waals surface area contributed by atoms with Gasteiger partial charge in [0.15, 0.2) is 6.10 Å². The minimum Gasteiger partial charge on any atom is -0.479 e.